The maximum absolute atomic E-state index is 12.4. The molecule has 0 radical (unpaired) electrons. The number of fused-ring (bicyclic) bond motifs is 1. The van der Waals surface area contributed by atoms with Gasteiger partial charge in [-0.2, -0.15) is 4.31 Å². The summed E-state index contributed by atoms with van der Waals surface area (Å²) in [6, 6.07) is 4.34. The molecule has 0 aromatic heterocycles. The third-order valence-corrected chi connectivity index (χ3v) is 5.61. The Morgan fingerprint density at radius 1 is 1.43 bits per heavy atom. The van der Waals surface area contributed by atoms with E-state index < -0.39 is 15.6 Å². The fourth-order valence-corrected chi connectivity index (χ4v) is 4.00. The topological polar surface area (TPSA) is 95.9 Å². The Balaban J connectivity index is 1.87. The summed E-state index contributed by atoms with van der Waals surface area (Å²) in [4.78, 5) is 11.4. The van der Waals surface area contributed by atoms with E-state index in [0.29, 0.717) is 17.9 Å². The normalized spacial score (nSPS) is 21.0. The van der Waals surface area contributed by atoms with E-state index in [1.807, 2.05) is 6.92 Å². The average Bonchev–Trinajstić information content (AvgIpc) is 2.42. The van der Waals surface area contributed by atoms with Crippen LogP contribution in [-0.2, 0) is 14.8 Å². The first kappa shape index (κ1) is 14.3. The number of anilines is 1. The van der Waals surface area contributed by atoms with Gasteiger partial charge >= 0.3 is 0 Å². The number of carbonyl (C=O) groups is 1. The van der Waals surface area contributed by atoms with Gasteiger partial charge in [0.2, 0.25) is 10.0 Å². The van der Waals surface area contributed by atoms with Crippen molar-refractivity contribution < 1.29 is 23.1 Å². The van der Waals surface area contributed by atoms with E-state index in [2.05, 4.69) is 5.32 Å². The number of nitrogens with zero attached hydrogens (tertiary/aromatic N) is 1. The first-order chi connectivity index (χ1) is 9.84. The van der Waals surface area contributed by atoms with Crippen LogP contribution in [0.2, 0.25) is 0 Å². The van der Waals surface area contributed by atoms with Crippen molar-refractivity contribution in [2.24, 2.45) is 0 Å². The smallest absolute Gasteiger partial charge is 0.262 e. The summed E-state index contributed by atoms with van der Waals surface area (Å²) in [7, 11) is -3.67. The molecule has 1 saturated heterocycles. The molecule has 21 heavy (non-hydrogen) atoms. The highest BCUT2D eigenvalue weighted by Crippen LogP contribution is 2.34. The third kappa shape index (κ3) is 2.39. The van der Waals surface area contributed by atoms with Crippen LogP contribution in [-0.4, -0.2) is 49.0 Å². The minimum Gasteiger partial charge on any atom is -0.482 e. The summed E-state index contributed by atoms with van der Waals surface area (Å²) in [5, 5.41) is 12.5. The Morgan fingerprint density at radius 3 is 2.81 bits per heavy atom. The highest BCUT2D eigenvalue weighted by atomic mass is 32.2. The maximum atomic E-state index is 12.4. The molecule has 0 atom stereocenters. The molecule has 8 heteroatoms. The van der Waals surface area contributed by atoms with Crippen LogP contribution in [0.4, 0.5) is 5.69 Å². The lowest BCUT2D eigenvalue weighted by molar-refractivity contribution is -0.118. The van der Waals surface area contributed by atoms with Crippen LogP contribution < -0.4 is 10.1 Å². The largest absolute Gasteiger partial charge is 0.482 e. The molecule has 7 nitrogen and oxygen atoms in total. The number of aliphatic hydroxyl groups is 1. The molecule has 0 saturated carbocycles. The van der Waals surface area contributed by atoms with Gasteiger partial charge in [-0.05, 0) is 24.6 Å². The van der Waals surface area contributed by atoms with Crippen molar-refractivity contribution in [3.63, 3.8) is 0 Å². The molecule has 114 valence electrons. The number of benzene rings is 1. The van der Waals surface area contributed by atoms with Crippen molar-refractivity contribution in [2.45, 2.75) is 23.8 Å². The second kappa shape index (κ2) is 4.69. The van der Waals surface area contributed by atoms with Crippen LogP contribution in [0.5, 0.6) is 5.75 Å². The Bertz CT molecular complexity index is 695. The zero-order valence-corrected chi connectivity index (χ0v) is 12.3. The van der Waals surface area contributed by atoms with Crippen molar-refractivity contribution in [3.05, 3.63) is 18.2 Å². The monoisotopic (exact) mass is 312 g/mol. The van der Waals surface area contributed by atoms with Crippen LogP contribution >= 0.6 is 0 Å². The van der Waals surface area contributed by atoms with Gasteiger partial charge in [-0.1, -0.05) is 6.92 Å². The number of sulfonamides is 1. The van der Waals surface area contributed by atoms with Crippen LogP contribution in [0, 0.1) is 0 Å². The zero-order chi connectivity index (χ0) is 15.3. The minimum absolute atomic E-state index is 0.0743. The molecule has 2 heterocycles. The van der Waals surface area contributed by atoms with Crippen LogP contribution in [0.15, 0.2) is 23.1 Å². The summed E-state index contributed by atoms with van der Waals surface area (Å²) < 4.78 is 31.3. The van der Waals surface area contributed by atoms with Gasteiger partial charge in [-0.3, -0.25) is 4.79 Å². The van der Waals surface area contributed by atoms with E-state index in [9.17, 15) is 18.3 Å². The van der Waals surface area contributed by atoms with Gasteiger partial charge in [-0.15, -0.1) is 0 Å². The van der Waals surface area contributed by atoms with Crippen molar-refractivity contribution >= 4 is 21.6 Å². The first-order valence-corrected chi connectivity index (χ1v) is 8.07. The summed E-state index contributed by atoms with van der Waals surface area (Å²) in [5.41, 5.74) is -0.586. The fraction of sp³-hybridized carbons (Fsp3) is 0.462. The standard InChI is InChI=1S/C13H16N2O5S/c1-2-13(17)7-15(8-13)21(18,19)9-3-4-11-10(5-9)14-12(16)6-20-11/h3-5,17H,2,6-8H2,1H3,(H,14,16). The van der Waals surface area contributed by atoms with Crippen molar-refractivity contribution in [1.82, 2.24) is 4.31 Å². The second-order valence-electron chi connectivity index (χ2n) is 5.35. The zero-order valence-electron chi connectivity index (χ0n) is 11.5. The minimum atomic E-state index is -3.67. The molecular weight excluding hydrogens is 296 g/mol. The second-order valence-corrected chi connectivity index (χ2v) is 7.28. The van der Waals surface area contributed by atoms with Gasteiger partial charge in [-0.25, -0.2) is 8.42 Å². The van der Waals surface area contributed by atoms with E-state index in [1.54, 1.807) is 0 Å². The van der Waals surface area contributed by atoms with Gasteiger partial charge in [0, 0.05) is 13.1 Å². The molecule has 2 aliphatic rings. The Morgan fingerprint density at radius 2 is 2.14 bits per heavy atom. The molecule has 2 aliphatic heterocycles. The maximum Gasteiger partial charge on any atom is 0.262 e. The lowest BCUT2D eigenvalue weighted by Gasteiger charge is -2.44. The lowest BCUT2D eigenvalue weighted by Crippen LogP contribution is -2.62. The molecule has 0 bridgehead atoms. The molecule has 2 N–H and O–H groups in total. The van der Waals surface area contributed by atoms with E-state index >= 15 is 0 Å². The Hall–Kier alpha value is -1.64. The quantitative estimate of drug-likeness (QED) is 0.829. The summed E-state index contributed by atoms with van der Waals surface area (Å²) in [6.45, 7) is 1.92. The highest BCUT2D eigenvalue weighted by molar-refractivity contribution is 7.89. The molecular formula is C13H16N2O5S. The van der Waals surface area contributed by atoms with E-state index in [4.69, 9.17) is 4.74 Å². The van der Waals surface area contributed by atoms with Crippen LogP contribution in [0.25, 0.3) is 0 Å². The Labute approximate surface area is 122 Å². The van der Waals surface area contributed by atoms with Gasteiger partial charge in [0.1, 0.15) is 5.75 Å². The third-order valence-electron chi connectivity index (χ3n) is 3.82. The number of rotatable bonds is 3. The van der Waals surface area contributed by atoms with E-state index in [-0.39, 0.29) is 30.5 Å². The molecule has 0 unspecified atom stereocenters. The number of nitrogens with one attached hydrogen (secondary N) is 1. The number of amides is 1. The van der Waals surface area contributed by atoms with Crippen molar-refractivity contribution in [1.29, 1.82) is 0 Å². The summed E-state index contributed by atoms with van der Waals surface area (Å²) >= 11 is 0. The fourth-order valence-electron chi connectivity index (χ4n) is 2.38. The molecule has 1 aromatic carbocycles. The molecule has 0 spiro atoms. The highest BCUT2D eigenvalue weighted by Gasteiger charge is 2.46. The van der Waals surface area contributed by atoms with Gasteiger partial charge in [0.05, 0.1) is 16.2 Å². The number of β-amino-alcohol motifs (C(OH)–C–C–N with tert-alkyl or cyclic N) is 1. The number of hydrogen-bond acceptors (Lipinski definition) is 5. The van der Waals surface area contributed by atoms with Gasteiger partial charge in [0.15, 0.2) is 6.61 Å². The summed E-state index contributed by atoms with van der Waals surface area (Å²) in [5.74, 6) is 0.128. The van der Waals surface area contributed by atoms with Gasteiger partial charge < -0.3 is 15.2 Å². The molecule has 0 aliphatic carbocycles. The predicted octanol–water partition coefficient (Wildman–Crippen LogP) is 0.163. The predicted molar refractivity (Wildman–Crippen MR) is 74.6 cm³/mol. The number of carbonyl (C=O) groups excluding carboxylic acids is 1. The summed E-state index contributed by atoms with van der Waals surface area (Å²) in [6.07, 6.45) is 0.507. The average molecular weight is 312 g/mol. The van der Waals surface area contributed by atoms with E-state index in [1.165, 1.54) is 22.5 Å². The van der Waals surface area contributed by atoms with Gasteiger partial charge in [0.25, 0.3) is 5.91 Å². The van der Waals surface area contributed by atoms with Crippen molar-refractivity contribution in [2.75, 3.05) is 25.0 Å². The SMILES string of the molecule is CCC1(O)CN(S(=O)(=O)c2ccc3c(c2)NC(=O)CO3)C1. The number of hydrogen-bond donors (Lipinski definition) is 2. The Kier molecular flexibility index (Phi) is 3.19. The molecule has 1 amide bonds. The number of ether oxygens (including phenoxy) is 1. The molecule has 3 rings (SSSR count). The van der Waals surface area contributed by atoms with E-state index in [0.717, 1.165) is 0 Å². The molecule has 1 aromatic rings. The van der Waals surface area contributed by atoms with Crippen LogP contribution in [0.1, 0.15) is 13.3 Å². The van der Waals surface area contributed by atoms with Crippen LogP contribution in [0.3, 0.4) is 0 Å². The molecule has 1 fully saturated rings. The lowest BCUT2D eigenvalue weighted by atomic mass is 9.94. The van der Waals surface area contributed by atoms with Crippen molar-refractivity contribution in [3.8, 4) is 5.75 Å². The first-order valence-electron chi connectivity index (χ1n) is 6.63.